The van der Waals surface area contributed by atoms with Crippen molar-refractivity contribution in [2.45, 2.75) is 45.1 Å². The van der Waals surface area contributed by atoms with Gasteiger partial charge in [-0.3, -0.25) is 4.79 Å². The van der Waals surface area contributed by atoms with Crippen molar-refractivity contribution in [2.24, 2.45) is 11.8 Å². The molecule has 2 N–H and O–H groups in total. The molecule has 1 aliphatic heterocycles. The second-order valence-electron chi connectivity index (χ2n) is 6.14. The zero-order valence-electron chi connectivity index (χ0n) is 11.4. The van der Waals surface area contributed by atoms with Crippen LogP contribution in [0.1, 0.15) is 39.5 Å². The van der Waals surface area contributed by atoms with Crippen molar-refractivity contribution in [1.82, 2.24) is 9.03 Å². The largest absolute Gasteiger partial charge is 0.481 e. The number of carboxylic acids is 1. The SMILES string of the molecule is CC(C)(NS(=O)(=O)N1CCCC(C(=O)O)C1)C1CC1. The Hall–Kier alpha value is -0.660. The quantitative estimate of drug-likeness (QED) is 0.784. The molecule has 0 radical (unpaired) electrons. The maximum atomic E-state index is 12.3. The van der Waals surface area contributed by atoms with Gasteiger partial charge in [-0.25, -0.2) is 0 Å². The minimum atomic E-state index is -3.59. The monoisotopic (exact) mass is 290 g/mol. The summed E-state index contributed by atoms with van der Waals surface area (Å²) in [4.78, 5) is 11.0. The van der Waals surface area contributed by atoms with Gasteiger partial charge in [0.25, 0.3) is 10.2 Å². The third-order valence-corrected chi connectivity index (χ3v) is 5.86. The molecule has 0 aromatic heterocycles. The van der Waals surface area contributed by atoms with E-state index >= 15 is 0 Å². The molecule has 110 valence electrons. The van der Waals surface area contributed by atoms with E-state index in [1.165, 1.54) is 4.31 Å². The second kappa shape index (κ2) is 5.03. The fourth-order valence-electron chi connectivity index (χ4n) is 2.65. The van der Waals surface area contributed by atoms with Gasteiger partial charge in [-0.2, -0.15) is 17.4 Å². The summed E-state index contributed by atoms with van der Waals surface area (Å²) >= 11 is 0. The first-order valence-corrected chi connectivity index (χ1v) is 8.18. The average Bonchev–Trinajstić information content (AvgIpc) is 3.11. The number of hydrogen-bond donors (Lipinski definition) is 2. The minimum absolute atomic E-state index is 0.0748. The van der Waals surface area contributed by atoms with E-state index in [-0.39, 0.29) is 6.54 Å². The lowest BCUT2D eigenvalue weighted by atomic mass is 10.0. The molecular formula is C12H22N2O4S. The van der Waals surface area contributed by atoms with Crippen molar-refractivity contribution >= 4 is 16.2 Å². The molecule has 2 fully saturated rings. The van der Waals surface area contributed by atoms with E-state index in [9.17, 15) is 13.2 Å². The smallest absolute Gasteiger partial charge is 0.307 e. The number of piperidine rings is 1. The average molecular weight is 290 g/mol. The van der Waals surface area contributed by atoms with Gasteiger partial charge in [-0.1, -0.05) is 0 Å². The third kappa shape index (κ3) is 3.46. The number of nitrogens with zero attached hydrogens (tertiary/aromatic N) is 1. The van der Waals surface area contributed by atoms with Crippen molar-refractivity contribution in [2.75, 3.05) is 13.1 Å². The van der Waals surface area contributed by atoms with Crippen LogP contribution in [-0.2, 0) is 15.0 Å². The van der Waals surface area contributed by atoms with Crippen LogP contribution < -0.4 is 4.72 Å². The van der Waals surface area contributed by atoms with Gasteiger partial charge in [0.05, 0.1) is 5.92 Å². The lowest BCUT2D eigenvalue weighted by Gasteiger charge is -2.34. The highest BCUT2D eigenvalue weighted by molar-refractivity contribution is 7.87. The molecule has 0 amide bonds. The van der Waals surface area contributed by atoms with Crippen LogP contribution in [0.25, 0.3) is 0 Å². The summed E-state index contributed by atoms with van der Waals surface area (Å²) in [5.41, 5.74) is -0.449. The highest BCUT2D eigenvalue weighted by Gasteiger charge is 2.42. The normalized spacial score (nSPS) is 26.3. The topological polar surface area (TPSA) is 86.7 Å². The van der Waals surface area contributed by atoms with E-state index in [0.717, 1.165) is 12.8 Å². The van der Waals surface area contributed by atoms with E-state index in [1.807, 2.05) is 13.8 Å². The van der Waals surface area contributed by atoms with Gasteiger partial charge < -0.3 is 5.11 Å². The fourth-order valence-corrected chi connectivity index (χ4v) is 4.35. The third-order valence-electron chi connectivity index (χ3n) is 4.06. The maximum absolute atomic E-state index is 12.3. The summed E-state index contributed by atoms with van der Waals surface area (Å²) in [6.07, 6.45) is 3.25. The number of aliphatic carboxylic acids is 1. The highest BCUT2D eigenvalue weighted by Crippen LogP contribution is 2.39. The lowest BCUT2D eigenvalue weighted by molar-refractivity contribution is -0.142. The summed E-state index contributed by atoms with van der Waals surface area (Å²) < 4.78 is 28.7. The molecule has 0 aromatic carbocycles. The first kappa shape index (κ1) is 14.7. The van der Waals surface area contributed by atoms with Gasteiger partial charge in [-0.15, -0.1) is 0 Å². The Kier molecular flexibility index (Phi) is 3.90. The van der Waals surface area contributed by atoms with E-state index in [1.54, 1.807) is 0 Å². The minimum Gasteiger partial charge on any atom is -0.481 e. The summed E-state index contributed by atoms with van der Waals surface area (Å²) in [6, 6.07) is 0. The molecule has 2 aliphatic rings. The number of hydrogen-bond acceptors (Lipinski definition) is 3. The van der Waals surface area contributed by atoms with Gasteiger partial charge in [0.2, 0.25) is 0 Å². The van der Waals surface area contributed by atoms with Crippen LogP contribution in [0.5, 0.6) is 0 Å². The van der Waals surface area contributed by atoms with Crippen molar-refractivity contribution in [1.29, 1.82) is 0 Å². The zero-order chi connectivity index (χ0) is 14.3. The van der Waals surface area contributed by atoms with Gasteiger partial charge in [0.15, 0.2) is 0 Å². The van der Waals surface area contributed by atoms with Gasteiger partial charge in [0.1, 0.15) is 0 Å². The van der Waals surface area contributed by atoms with E-state index in [0.29, 0.717) is 25.3 Å². The zero-order valence-corrected chi connectivity index (χ0v) is 12.2. The first-order chi connectivity index (χ1) is 8.72. The van der Waals surface area contributed by atoms with Gasteiger partial charge >= 0.3 is 5.97 Å². The first-order valence-electron chi connectivity index (χ1n) is 6.74. The lowest BCUT2D eigenvalue weighted by Crippen LogP contribution is -2.54. The van der Waals surface area contributed by atoms with Gasteiger partial charge in [-0.05, 0) is 45.4 Å². The Morgan fingerprint density at radius 2 is 1.95 bits per heavy atom. The molecule has 1 atom stereocenters. The molecular weight excluding hydrogens is 268 g/mol. The molecule has 1 saturated heterocycles. The van der Waals surface area contributed by atoms with Crippen molar-refractivity contribution in [3.63, 3.8) is 0 Å². The van der Waals surface area contributed by atoms with E-state index in [2.05, 4.69) is 4.72 Å². The molecule has 0 aromatic rings. The van der Waals surface area contributed by atoms with Crippen LogP contribution in [-0.4, -0.2) is 42.4 Å². The fraction of sp³-hybridized carbons (Fsp3) is 0.917. The van der Waals surface area contributed by atoms with Crippen molar-refractivity contribution < 1.29 is 18.3 Å². The van der Waals surface area contributed by atoms with Crippen molar-refractivity contribution in [3.05, 3.63) is 0 Å². The Labute approximate surface area is 114 Å². The number of carbonyl (C=O) groups is 1. The maximum Gasteiger partial charge on any atom is 0.307 e. The summed E-state index contributed by atoms with van der Waals surface area (Å²) in [6.45, 7) is 4.26. The number of carboxylic acid groups (broad SMARTS) is 1. The standard InChI is InChI=1S/C12H22N2O4S/c1-12(2,10-5-6-10)13-19(17,18)14-7-3-4-9(8-14)11(15)16/h9-10,13H,3-8H2,1-2H3,(H,15,16). The second-order valence-corrected chi connectivity index (χ2v) is 7.81. The van der Waals surface area contributed by atoms with Crippen LogP contribution in [0.4, 0.5) is 0 Å². The van der Waals surface area contributed by atoms with Crippen LogP contribution in [0.2, 0.25) is 0 Å². The van der Waals surface area contributed by atoms with E-state index in [4.69, 9.17) is 5.11 Å². The molecule has 1 saturated carbocycles. The summed E-state index contributed by atoms with van der Waals surface area (Å²) in [5, 5.41) is 9.01. The Morgan fingerprint density at radius 1 is 1.32 bits per heavy atom. The Morgan fingerprint density at radius 3 is 2.47 bits per heavy atom. The van der Waals surface area contributed by atoms with E-state index < -0.39 is 27.6 Å². The Balaban J connectivity index is 2.04. The molecule has 7 heteroatoms. The number of nitrogens with one attached hydrogen (secondary N) is 1. The molecule has 1 aliphatic carbocycles. The Bertz CT molecular complexity index is 456. The van der Waals surface area contributed by atoms with Crippen LogP contribution in [0.15, 0.2) is 0 Å². The van der Waals surface area contributed by atoms with Crippen molar-refractivity contribution in [3.8, 4) is 0 Å². The summed E-state index contributed by atoms with van der Waals surface area (Å²) in [5.74, 6) is -1.11. The number of rotatable bonds is 5. The molecule has 6 nitrogen and oxygen atoms in total. The van der Waals surface area contributed by atoms with Gasteiger partial charge in [0, 0.05) is 18.6 Å². The molecule has 0 spiro atoms. The summed E-state index contributed by atoms with van der Waals surface area (Å²) in [7, 11) is -3.59. The predicted molar refractivity (Wildman–Crippen MR) is 70.8 cm³/mol. The van der Waals surface area contributed by atoms with Crippen LogP contribution in [0.3, 0.4) is 0 Å². The van der Waals surface area contributed by atoms with Crippen LogP contribution >= 0.6 is 0 Å². The molecule has 2 rings (SSSR count). The highest BCUT2D eigenvalue weighted by atomic mass is 32.2. The molecule has 1 unspecified atom stereocenters. The molecule has 19 heavy (non-hydrogen) atoms. The molecule has 1 heterocycles. The van der Waals surface area contributed by atoms with Crippen LogP contribution in [0, 0.1) is 11.8 Å². The molecule has 0 bridgehead atoms. The predicted octanol–water partition coefficient (Wildman–Crippen LogP) is 0.806.